The van der Waals surface area contributed by atoms with Crippen LogP contribution in [0.25, 0.3) is 50.1 Å². The highest BCUT2D eigenvalue weighted by atomic mass is 28.3. The third-order valence-electron chi connectivity index (χ3n) is 8.92. The lowest BCUT2D eigenvalue weighted by atomic mass is 10.1. The second-order valence-corrected chi connectivity index (χ2v) is 15.1. The molecule has 0 saturated carbocycles. The fraction of sp³-hybridized carbons (Fsp3) is 0.0244. The van der Waals surface area contributed by atoms with Crippen LogP contribution in [0.3, 0.4) is 0 Å². The Morgan fingerprint density at radius 1 is 0.587 bits per heavy atom. The topological polar surface area (TPSA) is 51.0 Å². The van der Waals surface area contributed by atoms with Crippen molar-refractivity contribution in [1.82, 2.24) is 15.0 Å². The van der Waals surface area contributed by atoms with E-state index in [4.69, 9.17) is 15.0 Å². The van der Waals surface area contributed by atoms with E-state index < -0.39 is 8.07 Å². The predicted molar refractivity (Wildman–Crippen MR) is 195 cm³/mol. The van der Waals surface area contributed by atoms with E-state index in [-0.39, 0.29) is 0 Å². The molecule has 0 fully saturated rings. The van der Waals surface area contributed by atoms with Crippen molar-refractivity contribution in [2.45, 2.75) is 6.92 Å². The highest BCUT2D eigenvalue weighted by Gasteiger charge is 2.48. The summed E-state index contributed by atoms with van der Waals surface area (Å²) in [6.45, 7) is 2.06. The molecule has 4 aromatic carbocycles. The number of nitrogens with zero attached hydrogens (tertiary/aromatic N) is 4. The molecule has 5 heteroatoms. The highest BCUT2D eigenvalue weighted by Crippen LogP contribution is 2.37. The number of benzene rings is 4. The molecule has 0 radical (unpaired) electrons. The van der Waals surface area contributed by atoms with Gasteiger partial charge in [-0.1, -0.05) is 115 Å². The standard InChI is InChI=1S/C41H30N4Si/c1-2-35-29(17-18-30-11-9-26-43-39(30)35)25-28-42-38-24-23-37(46(38,33-13-5-3-6-14-33)34-15-7-4-8-16-34)36-22-21-32-20-19-31-12-10-27-44-40(31)41(32)45-36/h2-28H,1H3/b29-25-,35-2+,42-28+. The van der Waals surface area contributed by atoms with Crippen molar-refractivity contribution in [3.05, 3.63) is 167 Å². The van der Waals surface area contributed by atoms with Gasteiger partial charge in [0.1, 0.15) is 0 Å². The summed E-state index contributed by atoms with van der Waals surface area (Å²) in [5.74, 6) is 0. The van der Waals surface area contributed by atoms with Crippen LogP contribution >= 0.6 is 0 Å². The second kappa shape index (κ2) is 11.6. The molecular weight excluding hydrogens is 577 g/mol. The van der Waals surface area contributed by atoms with Crippen LogP contribution in [0.2, 0.25) is 0 Å². The van der Waals surface area contributed by atoms with E-state index in [0.29, 0.717) is 0 Å². The van der Waals surface area contributed by atoms with Crippen LogP contribution in [0, 0.1) is 0 Å². The van der Waals surface area contributed by atoms with Gasteiger partial charge in [-0.3, -0.25) is 15.0 Å². The SMILES string of the molecule is C\C=c1/c(=C\C=N\C2=CC=C(c3ccc4ccc5cccnc5c4n3)[Si]2(c2ccccc2)c2ccccc2)ccc2cccnc12. The number of rotatable bonds is 5. The van der Waals surface area contributed by atoms with E-state index in [1.807, 2.05) is 30.7 Å². The number of hydrogen-bond donors (Lipinski definition) is 0. The van der Waals surface area contributed by atoms with Crippen LogP contribution in [0.1, 0.15) is 12.6 Å². The molecule has 46 heavy (non-hydrogen) atoms. The van der Waals surface area contributed by atoms with Crippen LogP contribution in [-0.2, 0) is 0 Å². The van der Waals surface area contributed by atoms with E-state index >= 15 is 0 Å². The molecule has 1 aliphatic heterocycles. The van der Waals surface area contributed by atoms with Crippen molar-refractivity contribution in [3.63, 3.8) is 0 Å². The third kappa shape index (κ3) is 4.52. The molecule has 7 aromatic rings. The first kappa shape index (κ1) is 27.7. The van der Waals surface area contributed by atoms with Crippen molar-refractivity contribution in [2.75, 3.05) is 0 Å². The number of aromatic nitrogens is 3. The Labute approximate surface area is 268 Å². The third-order valence-corrected chi connectivity index (χ3v) is 13.6. The Morgan fingerprint density at radius 2 is 1.20 bits per heavy atom. The van der Waals surface area contributed by atoms with Crippen molar-refractivity contribution < 1.29 is 0 Å². The summed E-state index contributed by atoms with van der Waals surface area (Å²) in [5.41, 5.74) is 3.79. The quantitative estimate of drug-likeness (QED) is 0.131. The summed E-state index contributed by atoms with van der Waals surface area (Å²) < 4.78 is 0. The van der Waals surface area contributed by atoms with Crippen molar-refractivity contribution in [2.24, 2.45) is 4.99 Å². The summed E-state index contributed by atoms with van der Waals surface area (Å²) >= 11 is 0. The number of allylic oxidation sites excluding steroid dienone is 2. The normalized spacial score (nSPS) is 15.2. The lowest BCUT2D eigenvalue weighted by Gasteiger charge is -2.33. The maximum Gasteiger partial charge on any atom is 0.203 e. The summed E-state index contributed by atoms with van der Waals surface area (Å²) in [5, 5.41) is 10.3. The van der Waals surface area contributed by atoms with E-state index in [1.54, 1.807) is 0 Å². The first-order valence-electron chi connectivity index (χ1n) is 15.5. The molecule has 0 atom stereocenters. The van der Waals surface area contributed by atoms with Gasteiger partial charge in [0.2, 0.25) is 8.07 Å². The van der Waals surface area contributed by atoms with Crippen LogP contribution < -0.4 is 20.8 Å². The van der Waals surface area contributed by atoms with Gasteiger partial charge in [0, 0.05) is 45.3 Å². The van der Waals surface area contributed by atoms with Crippen molar-refractivity contribution in [1.29, 1.82) is 0 Å². The molecule has 218 valence electrons. The number of hydrogen-bond acceptors (Lipinski definition) is 4. The largest absolute Gasteiger partial charge is 0.265 e. The summed E-state index contributed by atoms with van der Waals surface area (Å²) in [6.07, 6.45) is 14.3. The van der Waals surface area contributed by atoms with Gasteiger partial charge in [-0.2, -0.15) is 0 Å². The monoisotopic (exact) mass is 606 g/mol. The zero-order chi connectivity index (χ0) is 30.9. The zero-order valence-corrected chi connectivity index (χ0v) is 26.4. The minimum absolute atomic E-state index is 0.916. The van der Waals surface area contributed by atoms with Gasteiger partial charge in [0.25, 0.3) is 0 Å². The maximum atomic E-state index is 5.35. The van der Waals surface area contributed by atoms with Gasteiger partial charge >= 0.3 is 0 Å². The van der Waals surface area contributed by atoms with Gasteiger partial charge in [-0.25, -0.2) is 4.98 Å². The Kier molecular flexibility index (Phi) is 7.01. The first-order valence-corrected chi connectivity index (χ1v) is 17.5. The Balaban J connectivity index is 1.33. The van der Waals surface area contributed by atoms with E-state index in [9.17, 15) is 0 Å². The summed E-state index contributed by atoms with van der Waals surface area (Å²) in [4.78, 5) is 20.0. The Morgan fingerprint density at radius 3 is 1.89 bits per heavy atom. The molecule has 1 aliphatic rings. The van der Waals surface area contributed by atoms with Crippen LogP contribution in [0.4, 0.5) is 0 Å². The smallest absolute Gasteiger partial charge is 0.203 e. The van der Waals surface area contributed by atoms with E-state index in [0.717, 1.165) is 54.2 Å². The van der Waals surface area contributed by atoms with Crippen molar-refractivity contribution >= 4 is 74.7 Å². The Bertz CT molecular complexity index is 2440. The number of pyridine rings is 3. The lowest BCUT2D eigenvalue weighted by Crippen LogP contribution is -2.60. The molecule has 0 saturated heterocycles. The predicted octanol–water partition coefficient (Wildman–Crippen LogP) is 6.31. The molecule has 0 unspecified atom stereocenters. The van der Waals surface area contributed by atoms with Gasteiger partial charge in [-0.15, -0.1) is 0 Å². The maximum absolute atomic E-state index is 5.35. The molecule has 8 rings (SSSR count). The molecule has 0 aliphatic carbocycles. The number of fused-ring (bicyclic) bond motifs is 4. The molecule has 4 heterocycles. The molecule has 0 bridgehead atoms. The highest BCUT2D eigenvalue weighted by molar-refractivity contribution is 7.20. The molecule has 0 amide bonds. The second-order valence-electron chi connectivity index (χ2n) is 11.4. The number of aliphatic imine (C=N–C) groups is 1. The minimum atomic E-state index is -2.84. The molecule has 0 N–H and O–H groups in total. The van der Waals surface area contributed by atoms with Crippen molar-refractivity contribution in [3.8, 4) is 0 Å². The van der Waals surface area contributed by atoms with Gasteiger partial charge in [-0.05, 0) is 58.1 Å². The first-order chi connectivity index (χ1) is 22.8. The molecule has 0 spiro atoms. The molecular formula is C41H30N4Si. The van der Waals surface area contributed by atoms with Gasteiger partial charge in [0.15, 0.2) is 0 Å². The van der Waals surface area contributed by atoms with E-state index in [1.165, 1.54) is 15.6 Å². The minimum Gasteiger partial charge on any atom is -0.265 e. The molecule has 3 aromatic heterocycles. The lowest BCUT2D eigenvalue weighted by molar-refractivity contribution is 1.34. The van der Waals surface area contributed by atoms with Gasteiger partial charge in [0.05, 0.1) is 22.2 Å². The summed E-state index contributed by atoms with van der Waals surface area (Å²) in [7, 11) is -2.84. The van der Waals surface area contributed by atoms with Gasteiger partial charge < -0.3 is 0 Å². The molecule has 4 nitrogen and oxygen atoms in total. The summed E-state index contributed by atoms with van der Waals surface area (Å²) in [6, 6.07) is 42.7. The van der Waals surface area contributed by atoms with Crippen LogP contribution in [0.5, 0.6) is 0 Å². The fourth-order valence-corrected chi connectivity index (χ4v) is 11.5. The average Bonchev–Trinajstić information content (AvgIpc) is 3.51. The van der Waals surface area contributed by atoms with Crippen LogP contribution in [-0.4, -0.2) is 29.2 Å². The average molecular weight is 607 g/mol. The van der Waals surface area contributed by atoms with Crippen LogP contribution in [0.15, 0.2) is 156 Å². The Hall–Kier alpha value is -5.78. The fourth-order valence-electron chi connectivity index (χ4n) is 6.82. The van der Waals surface area contributed by atoms with E-state index in [2.05, 4.69) is 145 Å². The zero-order valence-electron chi connectivity index (χ0n) is 25.4.